The van der Waals surface area contributed by atoms with Crippen molar-refractivity contribution in [3.63, 3.8) is 0 Å². The molecule has 1 aromatic carbocycles. The molecule has 1 heterocycles. The fourth-order valence-corrected chi connectivity index (χ4v) is 2.14. The van der Waals surface area contributed by atoms with Crippen LogP contribution in [0.4, 0.5) is 14.5 Å². The number of amides is 1. The smallest absolute Gasteiger partial charge is 0.345 e. The van der Waals surface area contributed by atoms with Crippen molar-refractivity contribution in [1.29, 1.82) is 0 Å². The van der Waals surface area contributed by atoms with E-state index >= 15 is 0 Å². The highest BCUT2D eigenvalue weighted by Gasteiger charge is 2.50. The third-order valence-corrected chi connectivity index (χ3v) is 3.19. The first-order valence-electron chi connectivity index (χ1n) is 6.12. The van der Waals surface area contributed by atoms with Crippen LogP contribution in [0, 0.1) is 11.6 Å². The summed E-state index contributed by atoms with van der Waals surface area (Å²) < 4.78 is 36.6. The lowest BCUT2D eigenvalue weighted by molar-refractivity contribution is -0.165. The van der Waals surface area contributed by atoms with Gasteiger partial charge in [-0.1, -0.05) is 0 Å². The largest absolute Gasteiger partial charge is 0.491 e. The number of rotatable bonds is 4. The zero-order chi connectivity index (χ0) is 15.6. The molecule has 1 aromatic rings. The van der Waals surface area contributed by atoms with Crippen LogP contribution in [-0.2, 0) is 14.3 Å². The molecule has 21 heavy (non-hydrogen) atoms. The van der Waals surface area contributed by atoms with Crippen LogP contribution in [0.3, 0.4) is 0 Å². The van der Waals surface area contributed by atoms with Gasteiger partial charge < -0.3 is 19.9 Å². The van der Waals surface area contributed by atoms with Crippen molar-refractivity contribution in [2.24, 2.45) is 0 Å². The highest BCUT2D eigenvalue weighted by atomic mass is 19.1. The Morgan fingerprint density at radius 2 is 2.00 bits per heavy atom. The lowest BCUT2D eigenvalue weighted by Gasteiger charge is -2.22. The van der Waals surface area contributed by atoms with Crippen LogP contribution in [0.1, 0.15) is 12.8 Å². The predicted molar refractivity (Wildman–Crippen MR) is 67.1 cm³/mol. The van der Waals surface area contributed by atoms with Gasteiger partial charge in [0.2, 0.25) is 5.60 Å². The second kappa shape index (κ2) is 5.65. The van der Waals surface area contributed by atoms with Gasteiger partial charge in [0.05, 0.1) is 7.11 Å². The molecule has 0 spiro atoms. The maximum Gasteiger partial charge on any atom is 0.345 e. The number of carboxylic acid groups (broad SMARTS) is 1. The summed E-state index contributed by atoms with van der Waals surface area (Å²) in [6, 6.07) is 1.68. The number of ether oxygens (including phenoxy) is 2. The highest BCUT2D eigenvalue weighted by Crippen LogP contribution is 2.30. The Morgan fingerprint density at radius 1 is 1.38 bits per heavy atom. The van der Waals surface area contributed by atoms with Crippen molar-refractivity contribution in [3.05, 3.63) is 23.8 Å². The minimum Gasteiger partial charge on any atom is -0.491 e. The van der Waals surface area contributed by atoms with Gasteiger partial charge in [0.15, 0.2) is 17.4 Å². The first-order valence-corrected chi connectivity index (χ1v) is 6.12. The first kappa shape index (κ1) is 15.2. The van der Waals surface area contributed by atoms with E-state index in [0.29, 0.717) is 6.42 Å². The molecule has 0 saturated carbocycles. The van der Waals surface area contributed by atoms with E-state index in [2.05, 4.69) is 10.1 Å². The van der Waals surface area contributed by atoms with Gasteiger partial charge in [-0.15, -0.1) is 0 Å². The number of aliphatic carboxylic acids is 1. The molecule has 8 heteroatoms. The van der Waals surface area contributed by atoms with Crippen molar-refractivity contribution in [1.82, 2.24) is 0 Å². The summed E-state index contributed by atoms with van der Waals surface area (Å²) >= 11 is 0. The number of anilines is 1. The molecule has 1 saturated heterocycles. The molecular weight excluding hydrogens is 288 g/mol. The van der Waals surface area contributed by atoms with Gasteiger partial charge in [0.1, 0.15) is 0 Å². The van der Waals surface area contributed by atoms with Crippen molar-refractivity contribution >= 4 is 17.6 Å². The molecule has 1 aliphatic rings. The zero-order valence-electron chi connectivity index (χ0n) is 11.1. The molecule has 0 bridgehead atoms. The molecule has 1 aliphatic heterocycles. The van der Waals surface area contributed by atoms with Crippen molar-refractivity contribution in [2.45, 2.75) is 18.4 Å². The van der Waals surface area contributed by atoms with Crippen LogP contribution >= 0.6 is 0 Å². The number of methoxy groups -OCH3 is 1. The summed E-state index contributed by atoms with van der Waals surface area (Å²) in [4.78, 5) is 23.3. The maximum atomic E-state index is 13.5. The van der Waals surface area contributed by atoms with Gasteiger partial charge in [-0.2, -0.15) is 0 Å². The third kappa shape index (κ3) is 2.66. The second-order valence-electron chi connectivity index (χ2n) is 4.51. The van der Waals surface area contributed by atoms with Crippen molar-refractivity contribution in [3.8, 4) is 5.75 Å². The molecule has 1 amide bonds. The van der Waals surface area contributed by atoms with Crippen molar-refractivity contribution in [2.75, 3.05) is 19.0 Å². The number of hydrogen-bond acceptors (Lipinski definition) is 4. The molecular formula is C13H13F2NO5. The lowest BCUT2D eigenvalue weighted by Crippen LogP contribution is -2.49. The average molecular weight is 301 g/mol. The van der Waals surface area contributed by atoms with Gasteiger partial charge in [0.25, 0.3) is 5.91 Å². The quantitative estimate of drug-likeness (QED) is 0.824. The number of carboxylic acids is 1. The Bertz CT molecular complexity index is 561. The summed E-state index contributed by atoms with van der Waals surface area (Å²) in [5, 5.41) is 11.3. The predicted octanol–water partition coefficient (Wildman–Crippen LogP) is 1.55. The van der Waals surface area contributed by atoms with E-state index in [4.69, 9.17) is 9.84 Å². The number of carbonyl (C=O) groups is 2. The Kier molecular flexibility index (Phi) is 4.08. The summed E-state index contributed by atoms with van der Waals surface area (Å²) in [7, 11) is 1.10. The zero-order valence-corrected chi connectivity index (χ0v) is 11.1. The second-order valence-corrected chi connectivity index (χ2v) is 4.51. The fraction of sp³-hybridized carbons (Fsp3) is 0.385. The summed E-state index contributed by atoms with van der Waals surface area (Å²) in [5.74, 6) is -5.02. The molecule has 2 rings (SSSR count). The number of nitrogens with one attached hydrogen (secondary N) is 1. The van der Waals surface area contributed by atoms with Crippen LogP contribution in [0.5, 0.6) is 5.75 Å². The molecule has 1 unspecified atom stereocenters. The molecule has 0 radical (unpaired) electrons. The van der Waals surface area contributed by atoms with Gasteiger partial charge in [-0.3, -0.25) is 4.79 Å². The van der Waals surface area contributed by atoms with Crippen LogP contribution in [0.15, 0.2) is 12.1 Å². The molecule has 0 aromatic heterocycles. The fourth-order valence-electron chi connectivity index (χ4n) is 2.14. The lowest BCUT2D eigenvalue weighted by atomic mass is 9.99. The first-order chi connectivity index (χ1) is 9.90. The molecule has 1 fully saturated rings. The molecule has 6 nitrogen and oxygen atoms in total. The van der Waals surface area contributed by atoms with E-state index in [9.17, 15) is 18.4 Å². The SMILES string of the molecule is COc1c(F)cc(NC(=O)C2(C(=O)O)CCCO2)cc1F. The summed E-state index contributed by atoms with van der Waals surface area (Å²) in [6.45, 7) is 0.130. The molecule has 2 N–H and O–H groups in total. The third-order valence-electron chi connectivity index (χ3n) is 3.19. The summed E-state index contributed by atoms with van der Waals surface area (Å²) in [5.41, 5.74) is -2.24. The van der Waals surface area contributed by atoms with E-state index in [1.807, 2.05) is 0 Å². The average Bonchev–Trinajstić information content (AvgIpc) is 2.88. The normalized spacial score (nSPS) is 21.1. The number of hydrogen-bond donors (Lipinski definition) is 2. The molecule has 1 atom stereocenters. The number of halogens is 2. The van der Waals surface area contributed by atoms with Gasteiger partial charge in [-0.05, 0) is 12.8 Å². The maximum absolute atomic E-state index is 13.5. The topological polar surface area (TPSA) is 84.9 Å². The van der Waals surface area contributed by atoms with E-state index in [1.54, 1.807) is 0 Å². The molecule has 0 aliphatic carbocycles. The van der Waals surface area contributed by atoms with E-state index in [-0.39, 0.29) is 18.7 Å². The van der Waals surface area contributed by atoms with Gasteiger partial charge >= 0.3 is 5.97 Å². The van der Waals surface area contributed by atoms with E-state index < -0.39 is 34.9 Å². The van der Waals surface area contributed by atoms with E-state index in [0.717, 1.165) is 19.2 Å². The standard InChI is InChI=1S/C13H13F2NO5/c1-20-10-8(14)5-7(6-9(10)15)16-11(17)13(12(18)19)3-2-4-21-13/h5-6H,2-4H2,1H3,(H,16,17)(H,18,19). The van der Waals surface area contributed by atoms with Gasteiger partial charge in [-0.25, -0.2) is 13.6 Å². The summed E-state index contributed by atoms with van der Waals surface area (Å²) in [6.07, 6.45) is 0.403. The van der Waals surface area contributed by atoms with Crippen LogP contribution < -0.4 is 10.1 Å². The Balaban J connectivity index is 2.25. The minimum absolute atomic E-state index is 0.00468. The number of benzene rings is 1. The van der Waals surface area contributed by atoms with Crippen molar-refractivity contribution < 1.29 is 33.0 Å². The van der Waals surface area contributed by atoms with Crippen LogP contribution in [-0.4, -0.2) is 36.3 Å². The van der Waals surface area contributed by atoms with E-state index in [1.165, 1.54) is 0 Å². The molecule has 114 valence electrons. The Morgan fingerprint density at radius 3 is 2.43 bits per heavy atom. The van der Waals surface area contributed by atoms with Gasteiger partial charge in [0, 0.05) is 24.4 Å². The number of carbonyl (C=O) groups excluding carboxylic acids is 1. The van der Waals surface area contributed by atoms with Crippen LogP contribution in [0.2, 0.25) is 0 Å². The Labute approximate surface area is 118 Å². The monoisotopic (exact) mass is 301 g/mol. The van der Waals surface area contributed by atoms with Crippen LogP contribution in [0.25, 0.3) is 0 Å². The Hall–Kier alpha value is -2.22. The highest BCUT2D eigenvalue weighted by molar-refractivity contribution is 6.11. The minimum atomic E-state index is -2.02.